The van der Waals surface area contributed by atoms with E-state index in [1.165, 1.54) is 0 Å². The molecule has 0 bridgehead atoms. The highest BCUT2D eigenvalue weighted by molar-refractivity contribution is 7.08. The third-order valence-corrected chi connectivity index (χ3v) is 8.28. The maximum Gasteiger partial charge on any atom is 0.326 e. The Morgan fingerprint density at radius 2 is 1.48 bits per heavy atom. The van der Waals surface area contributed by atoms with E-state index >= 15 is 0 Å². The molecule has 5 rings (SSSR count). The predicted octanol–water partition coefficient (Wildman–Crippen LogP) is 7.13. The van der Waals surface area contributed by atoms with Gasteiger partial charge in [-0.15, -0.1) is 0 Å². The van der Waals surface area contributed by atoms with Crippen molar-refractivity contribution in [3.63, 3.8) is 0 Å². The van der Waals surface area contributed by atoms with E-state index in [1.54, 1.807) is 59.9 Å². The van der Waals surface area contributed by atoms with Gasteiger partial charge in [0, 0.05) is 36.3 Å². The number of carboxylic acids is 1. The molecule has 2 N–H and O–H groups in total. The Morgan fingerprint density at radius 1 is 0.783 bits per heavy atom. The Morgan fingerprint density at radius 3 is 2.17 bits per heavy atom. The molecule has 1 heterocycles. The fraction of sp³-hybridized carbons (Fsp3) is 0.184. The molecule has 0 aliphatic carbocycles. The average Bonchev–Trinajstić information content (AvgIpc) is 3.60. The number of benzene rings is 4. The van der Waals surface area contributed by atoms with Crippen LogP contribution in [0, 0.1) is 0 Å². The minimum Gasteiger partial charge on any atom is -0.494 e. The van der Waals surface area contributed by atoms with E-state index in [0.717, 1.165) is 16.7 Å². The molecule has 8 heteroatoms. The molecule has 0 unspecified atom stereocenters. The molecule has 0 radical (unpaired) electrons. The second-order valence-corrected chi connectivity index (χ2v) is 11.7. The molecular formula is C38H36N2O5S. The molecule has 1 amide bonds. The summed E-state index contributed by atoms with van der Waals surface area (Å²) >= 11 is 1.59. The van der Waals surface area contributed by atoms with E-state index in [0.29, 0.717) is 55.1 Å². The molecule has 1 aromatic heterocycles. The largest absolute Gasteiger partial charge is 0.494 e. The van der Waals surface area contributed by atoms with Gasteiger partial charge in [-0.1, -0.05) is 84.9 Å². The molecular weight excluding hydrogens is 596 g/mol. The molecule has 0 saturated carbocycles. The van der Waals surface area contributed by atoms with E-state index in [-0.39, 0.29) is 18.1 Å². The summed E-state index contributed by atoms with van der Waals surface area (Å²) in [5.41, 5.74) is 4.34. The van der Waals surface area contributed by atoms with Gasteiger partial charge in [-0.3, -0.25) is 9.59 Å². The minimum atomic E-state index is -1.02. The molecule has 0 aliphatic heterocycles. The standard InChI is InChI=1S/C38H36N2O5S/c41-36(25-30-20-23-46-27-30)40(26-29-10-3-1-4-11-29)21-9-22-45-32-18-16-28(17-19-32)24-35(38(43)44)39-34-15-8-7-14-33(34)37(42)31-12-5-2-6-13-31/h1-8,10-20,23,27,35,39H,9,21-22,24-26H2,(H,43,44)/t35-/m0/s1. The first-order chi connectivity index (χ1) is 22.5. The lowest BCUT2D eigenvalue weighted by atomic mass is 10.00. The van der Waals surface area contributed by atoms with Crippen LogP contribution in [0.2, 0.25) is 0 Å². The summed E-state index contributed by atoms with van der Waals surface area (Å²) in [5, 5.41) is 17.0. The number of hydrogen-bond donors (Lipinski definition) is 2. The first kappa shape index (κ1) is 32.2. The molecule has 234 valence electrons. The third-order valence-electron chi connectivity index (χ3n) is 7.54. The van der Waals surface area contributed by atoms with Crippen molar-refractivity contribution in [2.75, 3.05) is 18.5 Å². The minimum absolute atomic E-state index is 0.0836. The lowest BCUT2D eigenvalue weighted by Crippen LogP contribution is -2.33. The Hall–Kier alpha value is -5.21. The van der Waals surface area contributed by atoms with Gasteiger partial charge in [-0.05, 0) is 64.2 Å². The number of amides is 1. The normalized spacial score (nSPS) is 11.4. The number of ether oxygens (including phenoxy) is 1. The molecule has 0 spiro atoms. The van der Waals surface area contributed by atoms with Gasteiger partial charge in [-0.25, -0.2) is 4.79 Å². The van der Waals surface area contributed by atoms with Crippen LogP contribution in [0.4, 0.5) is 5.69 Å². The van der Waals surface area contributed by atoms with Crippen molar-refractivity contribution in [2.24, 2.45) is 0 Å². The van der Waals surface area contributed by atoms with Crippen LogP contribution in [-0.4, -0.2) is 46.9 Å². The number of ketones is 1. The van der Waals surface area contributed by atoms with E-state index < -0.39 is 12.0 Å². The van der Waals surface area contributed by atoms with Gasteiger partial charge in [0.15, 0.2) is 5.78 Å². The van der Waals surface area contributed by atoms with Crippen molar-refractivity contribution in [1.29, 1.82) is 0 Å². The zero-order chi connectivity index (χ0) is 32.1. The van der Waals surface area contributed by atoms with Crippen molar-refractivity contribution in [2.45, 2.75) is 31.8 Å². The summed E-state index contributed by atoms with van der Waals surface area (Å²) in [5.74, 6) is -0.443. The molecule has 0 saturated heterocycles. The maximum absolute atomic E-state index is 13.1. The Labute approximate surface area is 273 Å². The van der Waals surface area contributed by atoms with Gasteiger partial charge >= 0.3 is 5.97 Å². The highest BCUT2D eigenvalue weighted by atomic mass is 32.1. The zero-order valence-corrected chi connectivity index (χ0v) is 26.2. The van der Waals surface area contributed by atoms with Crippen molar-refractivity contribution in [1.82, 2.24) is 4.90 Å². The van der Waals surface area contributed by atoms with Gasteiger partial charge in [0.1, 0.15) is 11.8 Å². The van der Waals surface area contributed by atoms with E-state index in [2.05, 4.69) is 5.32 Å². The van der Waals surface area contributed by atoms with Crippen LogP contribution in [-0.2, 0) is 29.0 Å². The van der Waals surface area contributed by atoms with Crippen LogP contribution in [0.25, 0.3) is 0 Å². The predicted molar refractivity (Wildman–Crippen MR) is 182 cm³/mol. The van der Waals surface area contributed by atoms with Gasteiger partial charge in [0.2, 0.25) is 5.91 Å². The van der Waals surface area contributed by atoms with Crippen LogP contribution in [0.15, 0.2) is 126 Å². The van der Waals surface area contributed by atoms with Crippen LogP contribution in [0.1, 0.15) is 39.0 Å². The Balaban J connectivity index is 1.15. The molecule has 7 nitrogen and oxygen atoms in total. The fourth-order valence-corrected chi connectivity index (χ4v) is 5.79. The SMILES string of the molecule is O=C(c1ccccc1)c1ccccc1N[C@@H](Cc1ccc(OCCCN(Cc2ccccc2)C(=O)Cc2ccsc2)cc1)C(=O)O. The Kier molecular flexibility index (Phi) is 11.3. The first-order valence-electron chi connectivity index (χ1n) is 15.2. The Bertz CT molecular complexity index is 1710. The number of anilines is 1. The summed E-state index contributed by atoms with van der Waals surface area (Å²) < 4.78 is 5.97. The van der Waals surface area contributed by atoms with E-state index in [4.69, 9.17) is 4.74 Å². The summed E-state index contributed by atoms with van der Waals surface area (Å²) in [6.07, 6.45) is 1.25. The van der Waals surface area contributed by atoms with Gasteiger partial charge in [-0.2, -0.15) is 11.3 Å². The lowest BCUT2D eigenvalue weighted by molar-refractivity contribution is -0.138. The lowest BCUT2D eigenvalue weighted by Gasteiger charge is -2.23. The van der Waals surface area contributed by atoms with E-state index in [9.17, 15) is 19.5 Å². The molecule has 46 heavy (non-hydrogen) atoms. The summed E-state index contributed by atoms with van der Waals surface area (Å²) in [6, 6.07) is 34.2. The van der Waals surface area contributed by atoms with E-state index in [1.807, 2.05) is 82.4 Å². The van der Waals surface area contributed by atoms with Crippen LogP contribution >= 0.6 is 11.3 Å². The molecule has 5 aromatic rings. The number of nitrogens with one attached hydrogen (secondary N) is 1. The number of aliphatic carboxylic acids is 1. The van der Waals surface area contributed by atoms with Gasteiger partial charge in [0.25, 0.3) is 0 Å². The summed E-state index contributed by atoms with van der Waals surface area (Å²) in [6.45, 7) is 1.54. The third kappa shape index (κ3) is 9.15. The number of hydrogen-bond acceptors (Lipinski definition) is 6. The first-order valence-corrected chi connectivity index (χ1v) is 16.1. The monoisotopic (exact) mass is 632 g/mol. The quantitative estimate of drug-likeness (QED) is 0.0888. The molecule has 1 atom stereocenters. The molecule has 0 aliphatic rings. The average molecular weight is 633 g/mol. The maximum atomic E-state index is 13.1. The van der Waals surface area contributed by atoms with Crippen LogP contribution < -0.4 is 10.1 Å². The number of thiophene rings is 1. The van der Waals surface area contributed by atoms with Crippen molar-refractivity contribution in [3.8, 4) is 5.75 Å². The number of rotatable bonds is 16. The second-order valence-electron chi connectivity index (χ2n) is 10.9. The van der Waals surface area contributed by atoms with Crippen molar-refractivity contribution in [3.05, 3.63) is 154 Å². The van der Waals surface area contributed by atoms with Crippen molar-refractivity contribution >= 4 is 34.7 Å². The van der Waals surface area contributed by atoms with Gasteiger partial charge < -0.3 is 20.1 Å². The zero-order valence-electron chi connectivity index (χ0n) is 25.4. The number of carboxylic acid groups (broad SMARTS) is 1. The van der Waals surface area contributed by atoms with Gasteiger partial charge in [0.05, 0.1) is 13.0 Å². The summed E-state index contributed by atoms with van der Waals surface area (Å²) in [4.78, 5) is 40.3. The van der Waals surface area contributed by atoms with Crippen molar-refractivity contribution < 1.29 is 24.2 Å². The summed E-state index contributed by atoms with van der Waals surface area (Å²) in [7, 11) is 0. The fourth-order valence-electron chi connectivity index (χ4n) is 5.12. The highest BCUT2D eigenvalue weighted by Gasteiger charge is 2.21. The molecule has 0 fully saturated rings. The number of para-hydroxylation sites is 1. The topological polar surface area (TPSA) is 95.9 Å². The second kappa shape index (κ2) is 16.2. The number of carbonyl (C=O) groups is 3. The van der Waals surface area contributed by atoms with Crippen LogP contribution in [0.5, 0.6) is 5.75 Å². The highest BCUT2D eigenvalue weighted by Crippen LogP contribution is 2.22. The number of nitrogens with zero attached hydrogens (tertiary/aromatic N) is 1. The van der Waals surface area contributed by atoms with Crippen LogP contribution in [0.3, 0.4) is 0 Å². The smallest absolute Gasteiger partial charge is 0.326 e. The number of carbonyl (C=O) groups excluding carboxylic acids is 2. The molecule has 4 aromatic carbocycles.